The molecule has 3 atom stereocenters. The third-order valence-electron chi connectivity index (χ3n) is 4.67. The Balaban J connectivity index is 1.89. The van der Waals surface area contributed by atoms with Crippen molar-refractivity contribution < 1.29 is 19.5 Å². The minimum Gasteiger partial charge on any atom is -0.497 e. The Hall–Kier alpha value is -1.52. The van der Waals surface area contributed by atoms with Gasteiger partial charge in [0.2, 0.25) is 0 Å². The Morgan fingerprint density at radius 1 is 1.33 bits per heavy atom. The van der Waals surface area contributed by atoms with Gasteiger partial charge in [-0.25, -0.2) is 0 Å². The Morgan fingerprint density at radius 2 is 2.04 bits per heavy atom. The average molecular weight is 334 g/mol. The molecule has 1 aromatic rings. The summed E-state index contributed by atoms with van der Waals surface area (Å²) in [5.74, 6) is 3.07. The molecular formula is C20H32NO3+. The first-order valence-corrected chi connectivity index (χ1v) is 8.94. The Bertz CT molecular complexity index is 522. The number of nitrogens with one attached hydrogen (secondary N) is 1. The minimum atomic E-state index is -0.448. The molecule has 0 aromatic heterocycles. The molecule has 1 fully saturated rings. The molecule has 24 heavy (non-hydrogen) atoms. The summed E-state index contributed by atoms with van der Waals surface area (Å²) in [7, 11) is 1.65. The SMILES string of the molecule is C=CCc1cc(OC)ccc1OC[C@@H](O)C[NH+]1C[C@H](C)C[C@@H](C)C1. The highest BCUT2D eigenvalue weighted by atomic mass is 16.5. The van der Waals surface area contributed by atoms with Crippen LogP contribution in [0.3, 0.4) is 0 Å². The third kappa shape index (κ3) is 5.53. The van der Waals surface area contributed by atoms with Gasteiger partial charge in [0.05, 0.1) is 20.2 Å². The lowest BCUT2D eigenvalue weighted by Gasteiger charge is -2.33. The number of benzene rings is 1. The maximum absolute atomic E-state index is 10.4. The second-order valence-corrected chi connectivity index (χ2v) is 7.24. The zero-order chi connectivity index (χ0) is 17.5. The molecule has 4 nitrogen and oxygen atoms in total. The molecule has 1 aliphatic heterocycles. The van der Waals surface area contributed by atoms with Crippen LogP contribution in [0.15, 0.2) is 30.9 Å². The van der Waals surface area contributed by atoms with Crippen molar-refractivity contribution in [2.45, 2.75) is 32.8 Å². The van der Waals surface area contributed by atoms with Gasteiger partial charge in [-0.3, -0.25) is 0 Å². The van der Waals surface area contributed by atoms with E-state index in [4.69, 9.17) is 9.47 Å². The highest BCUT2D eigenvalue weighted by molar-refractivity contribution is 5.41. The topological polar surface area (TPSA) is 43.1 Å². The smallest absolute Gasteiger partial charge is 0.137 e. The second kappa shape index (κ2) is 9.09. The fourth-order valence-electron chi connectivity index (χ4n) is 3.81. The lowest BCUT2D eigenvalue weighted by molar-refractivity contribution is -0.915. The van der Waals surface area contributed by atoms with Crippen LogP contribution in [0.2, 0.25) is 0 Å². The first kappa shape index (κ1) is 18.8. The molecule has 0 saturated carbocycles. The highest BCUT2D eigenvalue weighted by Crippen LogP contribution is 2.25. The van der Waals surface area contributed by atoms with Crippen LogP contribution < -0.4 is 14.4 Å². The van der Waals surface area contributed by atoms with E-state index >= 15 is 0 Å². The number of hydrogen-bond acceptors (Lipinski definition) is 3. The van der Waals surface area contributed by atoms with Crippen LogP contribution in [0.25, 0.3) is 0 Å². The van der Waals surface area contributed by atoms with E-state index in [2.05, 4.69) is 20.4 Å². The van der Waals surface area contributed by atoms with Crippen molar-refractivity contribution in [1.29, 1.82) is 0 Å². The number of methoxy groups -OCH3 is 1. The van der Waals surface area contributed by atoms with Crippen molar-refractivity contribution in [3.63, 3.8) is 0 Å². The van der Waals surface area contributed by atoms with Crippen LogP contribution in [-0.2, 0) is 6.42 Å². The van der Waals surface area contributed by atoms with Gasteiger partial charge in [0.1, 0.15) is 30.8 Å². The van der Waals surface area contributed by atoms with E-state index in [0.29, 0.717) is 6.61 Å². The number of piperidine rings is 1. The molecule has 1 saturated heterocycles. The summed E-state index contributed by atoms with van der Waals surface area (Å²) in [5, 5.41) is 10.4. The summed E-state index contributed by atoms with van der Waals surface area (Å²) < 4.78 is 11.1. The largest absolute Gasteiger partial charge is 0.497 e. The molecule has 1 aliphatic rings. The monoisotopic (exact) mass is 334 g/mol. The molecular weight excluding hydrogens is 302 g/mol. The quantitative estimate of drug-likeness (QED) is 0.712. The number of aliphatic hydroxyl groups is 1. The summed E-state index contributed by atoms with van der Waals surface area (Å²) in [5.41, 5.74) is 1.03. The molecule has 1 aromatic carbocycles. The van der Waals surface area contributed by atoms with Gasteiger partial charge in [0.25, 0.3) is 0 Å². The number of ether oxygens (including phenoxy) is 2. The Labute approximate surface area is 146 Å². The molecule has 0 spiro atoms. The number of quaternary nitrogens is 1. The van der Waals surface area contributed by atoms with Gasteiger partial charge < -0.3 is 19.5 Å². The molecule has 134 valence electrons. The van der Waals surface area contributed by atoms with Crippen LogP contribution in [0.1, 0.15) is 25.8 Å². The predicted molar refractivity (Wildman–Crippen MR) is 96.9 cm³/mol. The normalized spacial score (nSPS) is 25.1. The number of allylic oxidation sites excluding steroid dienone is 1. The molecule has 4 heteroatoms. The maximum Gasteiger partial charge on any atom is 0.137 e. The van der Waals surface area contributed by atoms with Gasteiger partial charge in [-0.2, -0.15) is 0 Å². The molecule has 2 N–H and O–H groups in total. The van der Waals surface area contributed by atoms with Gasteiger partial charge in [-0.15, -0.1) is 6.58 Å². The Morgan fingerprint density at radius 3 is 2.67 bits per heavy atom. The van der Waals surface area contributed by atoms with E-state index in [1.807, 2.05) is 24.3 Å². The van der Waals surface area contributed by atoms with Crippen LogP contribution in [0, 0.1) is 11.8 Å². The zero-order valence-electron chi connectivity index (χ0n) is 15.3. The van der Waals surface area contributed by atoms with Crippen LogP contribution in [0.5, 0.6) is 11.5 Å². The van der Waals surface area contributed by atoms with Crippen molar-refractivity contribution in [3.8, 4) is 11.5 Å². The van der Waals surface area contributed by atoms with Crippen molar-refractivity contribution in [2.24, 2.45) is 11.8 Å². The van der Waals surface area contributed by atoms with Gasteiger partial charge in [-0.1, -0.05) is 19.9 Å². The molecule has 1 heterocycles. The number of rotatable bonds is 8. The summed E-state index contributed by atoms with van der Waals surface area (Å²) in [6.07, 6.45) is 3.41. The molecule has 2 rings (SSSR count). The third-order valence-corrected chi connectivity index (χ3v) is 4.67. The highest BCUT2D eigenvalue weighted by Gasteiger charge is 2.27. The van der Waals surface area contributed by atoms with Crippen molar-refractivity contribution in [1.82, 2.24) is 0 Å². The van der Waals surface area contributed by atoms with Crippen LogP contribution >= 0.6 is 0 Å². The van der Waals surface area contributed by atoms with Gasteiger partial charge in [0, 0.05) is 17.4 Å². The predicted octanol–water partition coefficient (Wildman–Crippen LogP) is 1.72. The lowest BCUT2D eigenvalue weighted by atomic mass is 9.92. The summed E-state index contributed by atoms with van der Waals surface area (Å²) >= 11 is 0. The van der Waals surface area contributed by atoms with Crippen molar-refractivity contribution in [3.05, 3.63) is 36.4 Å². The van der Waals surface area contributed by atoms with Crippen LogP contribution in [0.4, 0.5) is 0 Å². The fraction of sp³-hybridized carbons (Fsp3) is 0.600. The fourth-order valence-corrected chi connectivity index (χ4v) is 3.81. The van der Waals surface area contributed by atoms with Crippen molar-refractivity contribution in [2.75, 3.05) is 33.4 Å². The second-order valence-electron chi connectivity index (χ2n) is 7.24. The van der Waals surface area contributed by atoms with Gasteiger partial charge in [-0.05, 0) is 31.0 Å². The summed E-state index contributed by atoms with van der Waals surface area (Å²) in [6.45, 7) is 11.8. The maximum atomic E-state index is 10.4. The summed E-state index contributed by atoms with van der Waals surface area (Å²) in [6, 6.07) is 5.75. The first-order chi connectivity index (χ1) is 11.5. The summed E-state index contributed by atoms with van der Waals surface area (Å²) in [4.78, 5) is 1.48. The molecule has 0 bridgehead atoms. The number of aliphatic hydroxyl groups excluding tert-OH is 1. The molecule has 0 unspecified atom stereocenters. The van der Waals surface area contributed by atoms with Crippen molar-refractivity contribution >= 4 is 0 Å². The average Bonchev–Trinajstić information content (AvgIpc) is 2.53. The van der Waals surface area contributed by atoms with E-state index in [9.17, 15) is 5.11 Å². The number of hydrogen-bond donors (Lipinski definition) is 2. The van der Waals surface area contributed by atoms with E-state index in [0.717, 1.165) is 55.0 Å². The first-order valence-electron chi connectivity index (χ1n) is 8.94. The van der Waals surface area contributed by atoms with E-state index in [-0.39, 0.29) is 0 Å². The minimum absolute atomic E-state index is 0.322. The van der Waals surface area contributed by atoms with Crippen LogP contribution in [-0.4, -0.2) is 44.6 Å². The van der Waals surface area contributed by atoms with E-state index in [1.54, 1.807) is 7.11 Å². The van der Waals surface area contributed by atoms with Gasteiger partial charge in [0.15, 0.2) is 0 Å². The van der Waals surface area contributed by atoms with Gasteiger partial charge >= 0.3 is 0 Å². The van der Waals surface area contributed by atoms with E-state index < -0.39 is 6.10 Å². The molecule has 0 aliphatic carbocycles. The molecule has 0 amide bonds. The standard InChI is InChI=1S/C20H31NO3/c1-5-6-17-10-19(23-4)7-8-20(17)24-14-18(22)13-21-11-15(2)9-16(3)12-21/h5,7-8,10,15-16,18,22H,1,6,9,11-14H2,2-4H3/p+1/t15-,16-,18+/m1/s1. The zero-order valence-corrected chi connectivity index (χ0v) is 15.3. The Kier molecular flexibility index (Phi) is 7.13. The number of likely N-dealkylation sites (tertiary alicyclic amines) is 1. The van der Waals surface area contributed by atoms with E-state index in [1.165, 1.54) is 11.3 Å². The lowest BCUT2D eigenvalue weighted by Crippen LogP contribution is -3.15. The molecule has 0 radical (unpaired) electrons.